The lowest BCUT2D eigenvalue weighted by Crippen LogP contribution is -2.46. The lowest BCUT2D eigenvalue weighted by molar-refractivity contribution is -0.125. The number of nitrogens with two attached hydrogens (primary N) is 1. The molecule has 7 nitrogen and oxygen atoms in total. The summed E-state index contributed by atoms with van der Waals surface area (Å²) in [6, 6.07) is 6.72. The summed E-state index contributed by atoms with van der Waals surface area (Å²) in [7, 11) is 0. The monoisotopic (exact) mass is 387 g/mol. The molecule has 1 aromatic carbocycles. The van der Waals surface area contributed by atoms with Gasteiger partial charge in [0.15, 0.2) is 0 Å². The van der Waals surface area contributed by atoms with Crippen LogP contribution in [0, 0.1) is 5.92 Å². The molecule has 2 amide bonds. The fourth-order valence-corrected chi connectivity index (χ4v) is 1.99. The molecule has 25 heavy (non-hydrogen) atoms. The molecule has 0 unspecified atom stereocenters. The molecule has 0 spiro atoms. The third-order valence-corrected chi connectivity index (χ3v) is 3.40. The highest BCUT2D eigenvalue weighted by Crippen LogP contribution is 2.19. The minimum Gasteiger partial charge on any atom is -0.346 e. The number of amides is 2. The van der Waals surface area contributed by atoms with Crippen LogP contribution in [0.5, 0.6) is 0 Å². The number of carbonyl (C=O) groups is 2. The van der Waals surface area contributed by atoms with E-state index >= 15 is 0 Å². The zero-order valence-corrected chi connectivity index (χ0v) is 15.6. The average Bonchev–Trinajstić information content (AvgIpc) is 3.06. The molecule has 9 heteroatoms. The first-order valence-electron chi connectivity index (χ1n) is 7.39. The molecule has 1 aromatic heterocycles. The molecule has 0 radical (unpaired) electrons. The van der Waals surface area contributed by atoms with Gasteiger partial charge in [0.2, 0.25) is 11.8 Å². The quantitative estimate of drug-likeness (QED) is 0.702. The number of nitrogens with zero attached hydrogens (tertiary/aromatic N) is 2. The summed E-state index contributed by atoms with van der Waals surface area (Å²) in [5, 5.41) is 5.32. The number of hydrogen-bond acceptors (Lipinski definition) is 4. The molecule has 0 fully saturated rings. The maximum absolute atomic E-state index is 12.0. The van der Waals surface area contributed by atoms with Crippen LogP contribution in [-0.2, 0) is 9.59 Å². The molecule has 0 saturated carbocycles. The van der Waals surface area contributed by atoms with Crippen molar-refractivity contribution in [1.29, 1.82) is 0 Å². The van der Waals surface area contributed by atoms with Gasteiger partial charge in [-0.3, -0.25) is 9.59 Å². The average molecular weight is 388 g/mol. The van der Waals surface area contributed by atoms with E-state index in [4.69, 9.17) is 5.73 Å². The van der Waals surface area contributed by atoms with Crippen molar-refractivity contribution in [3.05, 3.63) is 43.0 Å². The summed E-state index contributed by atoms with van der Waals surface area (Å²) in [6.45, 7) is 3.58. The standard InChI is InChI=1S/C16H21N5O2.2ClH/c1-11(2)15(17)16(23)19-9-14(22)20-12-5-3-4-6-13(12)21-8-7-18-10-21;;/h3-8,10-11,15H,9,17H2,1-2H3,(H,19,23)(H,20,22);2*1H/t15-;;/m0../s1. The van der Waals surface area contributed by atoms with Gasteiger partial charge in [0, 0.05) is 12.4 Å². The van der Waals surface area contributed by atoms with Crippen LogP contribution >= 0.6 is 24.8 Å². The maximum Gasteiger partial charge on any atom is 0.243 e. The minimum absolute atomic E-state index is 0. The van der Waals surface area contributed by atoms with Gasteiger partial charge >= 0.3 is 0 Å². The number of hydrogen-bond donors (Lipinski definition) is 3. The lowest BCUT2D eigenvalue weighted by atomic mass is 10.1. The van der Waals surface area contributed by atoms with E-state index in [2.05, 4.69) is 15.6 Å². The van der Waals surface area contributed by atoms with Gasteiger partial charge in [0.05, 0.1) is 30.3 Å². The van der Waals surface area contributed by atoms with Gasteiger partial charge in [-0.2, -0.15) is 0 Å². The Bertz CT molecular complexity index is 677. The molecule has 0 bridgehead atoms. The number of imidazole rings is 1. The molecule has 1 atom stereocenters. The van der Waals surface area contributed by atoms with Crippen LogP contribution in [0.15, 0.2) is 43.0 Å². The first-order valence-corrected chi connectivity index (χ1v) is 7.39. The van der Waals surface area contributed by atoms with Crippen molar-refractivity contribution in [3.8, 4) is 5.69 Å². The summed E-state index contributed by atoms with van der Waals surface area (Å²) >= 11 is 0. The second-order valence-corrected chi connectivity index (χ2v) is 5.52. The van der Waals surface area contributed by atoms with Crippen molar-refractivity contribution in [3.63, 3.8) is 0 Å². The van der Waals surface area contributed by atoms with Crippen LogP contribution in [0.25, 0.3) is 5.69 Å². The summed E-state index contributed by atoms with van der Waals surface area (Å²) < 4.78 is 1.79. The van der Waals surface area contributed by atoms with E-state index in [0.717, 1.165) is 5.69 Å². The second-order valence-electron chi connectivity index (χ2n) is 5.52. The van der Waals surface area contributed by atoms with Crippen molar-refractivity contribution in [2.24, 2.45) is 11.7 Å². The molecule has 0 aliphatic carbocycles. The second kappa shape index (κ2) is 10.7. The Morgan fingerprint density at radius 2 is 1.92 bits per heavy atom. The highest BCUT2D eigenvalue weighted by Gasteiger charge is 2.17. The van der Waals surface area contributed by atoms with Gasteiger partial charge in [-0.25, -0.2) is 4.98 Å². The van der Waals surface area contributed by atoms with E-state index in [1.54, 1.807) is 29.4 Å². The van der Waals surface area contributed by atoms with E-state index in [1.807, 2.05) is 32.0 Å². The van der Waals surface area contributed by atoms with Crippen molar-refractivity contribution in [2.45, 2.75) is 19.9 Å². The normalized spacial score (nSPS) is 11.0. The summed E-state index contributed by atoms with van der Waals surface area (Å²) in [4.78, 5) is 27.8. The van der Waals surface area contributed by atoms with Crippen LogP contribution < -0.4 is 16.4 Å². The smallest absolute Gasteiger partial charge is 0.243 e. The van der Waals surface area contributed by atoms with Gasteiger partial charge in [0.1, 0.15) is 0 Å². The van der Waals surface area contributed by atoms with Crippen LogP contribution in [0.4, 0.5) is 5.69 Å². The third kappa shape index (κ3) is 6.38. The van der Waals surface area contributed by atoms with Gasteiger partial charge in [-0.15, -0.1) is 24.8 Å². The Hall–Kier alpha value is -2.09. The Balaban J connectivity index is 0.00000288. The summed E-state index contributed by atoms with van der Waals surface area (Å²) in [6.07, 6.45) is 5.09. The van der Waals surface area contributed by atoms with Crippen molar-refractivity contribution in [1.82, 2.24) is 14.9 Å². The van der Waals surface area contributed by atoms with Gasteiger partial charge < -0.3 is 20.9 Å². The fourth-order valence-electron chi connectivity index (χ4n) is 1.99. The molecule has 0 aliphatic heterocycles. The van der Waals surface area contributed by atoms with E-state index in [9.17, 15) is 9.59 Å². The molecular formula is C16H23Cl2N5O2. The third-order valence-electron chi connectivity index (χ3n) is 3.40. The van der Waals surface area contributed by atoms with Crippen molar-refractivity contribution < 1.29 is 9.59 Å². The maximum atomic E-state index is 12.0. The first-order chi connectivity index (χ1) is 11.0. The van der Waals surface area contributed by atoms with E-state index in [0.29, 0.717) is 5.69 Å². The summed E-state index contributed by atoms with van der Waals surface area (Å²) in [5.41, 5.74) is 7.16. The van der Waals surface area contributed by atoms with Crippen LogP contribution in [-0.4, -0.2) is 34.0 Å². The van der Waals surface area contributed by atoms with Crippen LogP contribution in [0.3, 0.4) is 0 Å². The van der Waals surface area contributed by atoms with E-state index in [-0.39, 0.29) is 49.1 Å². The Morgan fingerprint density at radius 1 is 1.24 bits per heavy atom. The molecule has 138 valence electrons. The SMILES string of the molecule is CC(C)[C@H](N)C(=O)NCC(=O)Nc1ccccc1-n1ccnc1.Cl.Cl. The first kappa shape index (κ1) is 22.9. The van der Waals surface area contributed by atoms with E-state index < -0.39 is 6.04 Å². The molecule has 0 aliphatic rings. The zero-order chi connectivity index (χ0) is 16.8. The Morgan fingerprint density at radius 3 is 2.52 bits per heavy atom. The van der Waals surface area contributed by atoms with Crippen molar-refractivity contribution in [2.75, 3.05) is 11.9 Å². The molecular weight excluding hydrogens is 365 g/mol. The van der Waals surface area contributed by atoms with Gasteiger partial charge in [-0.05, 0) is 18.1 Å². The molecule has 2 rings (SSSR count). The zero-order valence-electron chi connectivity index (χ0n) is 14.0. The molecule has 0 saturated heterocycles. The number of carbonyl (C=O) groups excluding carboxylic acids is 2. The fraction of sp³-hybridized carbons (Fsp3) is 0.312. The Labute approximate surface area is 159 Å². The largest absolute Gasteiger partial charge is 0.346 e. The summed E-state index contributed by atoms with van der Waals surface area (Å²) in [5.74, 6) is -0.639. The predicted octanol–water partition coefficient (Wildman–Crippen LogP) is 1.75. The highest BCUT2D eigenvalue weighted by atomic mass is 35.5. The number of para-hydroxylation sites is 2. The molecule has 1 heterocycles. The van der Waals surface area contributed by atoms with Crippen molar-refractivity contribution >= 4 is 42.3 Å². The van der Waals surface area contributed by atoms with Gasteiger partial charge in [0.25, 0.3) is 0 Å². The minimum atomic E-state index is -0.624. The Kier molecular flexibility index (Phi) is 9.81. The number of nitrogens with one attached hydrogen (secondary N) is 2. The van der Waals surface area contributed by atoms with Crippen LogP contribution in [0.2, 0.25) is 0 Å². The highest BCUT2D eigenvalue weighted by molar-refractivity contribution is 5.96. The number of aromatic nitrogens is 2. The lowest BCUT2D eigenvalue weighted by Gasteiger charge is -2.16. The molecule has 2 aromatic rings. The van der Waals surface area contributed by atoms with Gasteiger partial charge in [-0.1, -0.05) is 26.0 Å². The predicted molar refractivity (Wildman–Crippen MR) is 103 cm³/mol. The number of anilines is 1. The molecule has 4 N–H and O–H groups in total. The topological polar surface area (TPSA) is 102 Å². The van der Waals surface area contributed by atoms with Crippen LogP contribution in [0.1, 0.15) is 13.8 Å². The van der Waals surface area contributed by atoms with E-state index in [1.165, 1.54) is 0 Å². The number of benzene rings is 1. The number of rotatable bonds is 6. The number of halogens is 2.